The molecule has 122 valence electrons. The van der Waals surface area contributed by atoms with Gasteiger partial charge in [-0.2, -0.15) is 0 Å². The van der Waals surface area contributed by atoms with E-state index in [1.54, 1.807) is 0 Å². The fraction of sp³-hybridized carbons (Fsp3) is 0.611. The van der Waals surface area contributed by atoms with Crippen molar-refractivity contribution in [2.75, 3.05) is 32.7 Å². The van der Waals surface area contributed by atoms with E-state index in [9.17, 15) is 4.79 Å². The minimum atomic E-state index is 0. The van der Waals surface area contributed by atoms with Crippen molar-refractivity contribution >= 4 is 18.2 Å². The van der Waals surface area contributed by atoms with E-state index in [1.807, 2.05) is 30.3 Å². The predicted octanol–water partition coefficient (Wildman–Crippen LogP) is 3.00. The molecule has 1 aromatic rings. The molecule has 22 heavy (non-hydrogen) atoms. The average molecular weight is 323 g/mol. The normalized spacial score (nSPS) is 26.6. The molecule has 0 spiro atoms. The molecule has 1 aromatic carbocycles. The van der Waals surface area contributed by atoms with Crippen LogP contribution in [0, 0.1) is 11.3 Å². The molecule has 0 bridgehead atoms. The van der Waals surface area contributed by atoms with E-state index >= 15 is 0 Å². The monoisotopic (exact) mass is 322 g/mol. The lowest BCUT2D eigenvalue weighted by Gasteiger charge is -2.36. The Labute approximate surface area is 139 Å². The van der Waals surface area contributed by atoms with Gasteiger partial charge in [-0.05, 0) is 44.3 Å². The number of rotatable bonds is 4. The molecule has 2 heterocycles. The highest BCUT2D eigenvalue weighted by Gasteiger charge is 2.33. The van der Waals surface area contributed by atoms with Gasteiger partial charge in [0.05, 0.1) is 0 Å². The van der Waals surface area contributed by atoms with Crippen LogP contribution < -0.4 is 5.32 Å². The van der Waals surface area contributed by atoms with E-state index in [2.05, 4.69) is 17.1 Å². The summed E-state index contributed by atoms with van der Waals surface area (Å²) in [6, 6.07) is 9.77. The highest BCUT2D eigenvalue weighted by molar-refractivity contribution is 5.97. The minimum absolute atomic E-state index is 0. The summed E-state index contributed by atoms with van der Waals surface area (Å²) in [6.07, 6.45) is 3.30. The fourth-order valence-corrected chi connectivity index (χ4v) is 3.73. The number of hydrogen-bond acceptors (Lipinski definition) is 3. The minimum Gasteiger partial charge on any atom is -0.316 e. The number of carbonyl (C=O) groups excluding carboxylic acids is 1. The Morgan fingerprint density at radius 2 is 1.95 bits per heavy atom. The van der Waals surface area contributed by atoms with Gasteiger partial charge in [0.15, 0.2) is 5.78 Å². The van der Waals surface area contributed by atoms with Crippen LogP contribution in [0.4, 0.5) is 0 Å². The average Bonchev–Trinajstić information content (AvgIpc) is 2.94. The molecule has 0 aliphatic carbocycles. The Kier molecular flexibility index (Phi) is 6.01. The smallest absolute Gasteiger partial charge is 0.166 e. The van der Waals surface area contributed by atoms with Crippen molar-refractivity contribution in [3.63, 3.8) is 0 Å². The van der Waals surface area contributed by atoms with Crippen molar-refractivity contribution < 1.29 is 4.79 Å². The summed E-state index contributed by atoms with van der Waals surface area (Å²) in [5.74, 6) is 0.558. The van der Waals surface area contributed by atoms with E-state index in [-0.39, 0.29) is 18.3 Å². The Morgan fingerprint density at radius 3 is 2.55 bits per heavy atom. The third-order valence-electron chi connectivity index (χ3n) is 5.08. The van der Waals surface area contributed by atoms with Crippen molar-refractivity contribution in [3.8, 4) is 0 Å². The van der Waals surface area contributed by atoms with E-state index in [0.29, 0.717) is 11.2 Å². The van der Waals surface area contributed by atoms with Crippen molar-refractivity contribution in [1.29, 1.82) is 0 Å². The van der Waals surface area contributed by atoms with Crippen molar-refractivity contribution in [2.24, 2.45) is 11.3 Å². The lowest BCUT2D eigenvalue weighted by atomic mass is 9.85. The molecule has 1 unspecified atom stereocenters. The molecule has 2 fully saturated rings. The quantitative estimate of drug-likeness (QED) is 0.865. The maximum absolute atomic E-state index is 12.5. The van der Waals surface area contributed by atoms with Crippen LogP contribution in [-0.2, 0) is 0 Å². The van der Waals surface area contributed by atoms with Crippen LogP contribution in [0.3, 0.4) is 0 Å². The van der Waals surface area contributed by atoms with Gasteiger partial charge in [0.2, 0.25) is 0 Å². The maximum atomic E-state index is 12.5. The van der Waals surface area contributed by atoms with E-state index in [1.165, 1.54) is 13.0 Å². The summed E-state index contributed by atoms with van der Waals surface area (Å²) >= 11 is 0. The van der Waals surface area contributed by atoms with E-state index < -0.39 is 0 Å². The van der Waals surface area contributed by atoms with Crippen LogP contribution >= 0.6 is 12.4 Å². The van der Waals surface area contributed by atoms with Crippen LogP contribution in [0.25, 0.3) is 0 Å². The summed E-state index contributed by atoms with van der Waals surface area (Å²) < 4.78 is 0. The number of hydrogen-bond donors (Lipinski definition) is 1. The number of benzene rings is 1. The number of ketones is 1. The Morgan fingerprint density at radius 1 is 1.27 bits per heavy atom. The first kappa shape index (κ1) is 17.5. The maximum Gasteiger partial charge on any atom is 0.166 e. The van der Waals surface area contributed by atoms with Crippen molar-refractivity contribution in [2.45, 2.75) is 26.2 Å². The third kappa shape index (κ3) is 4.09. The fourth-order valence-electron chi connectivity index (χ4n) is 3.73. The molecule has 3 nitrogen and oxygen atoms in total. The number of piperidine rings is 1. The molecule has 1 N–H and O–H groups in total. The molecule has 2 saturated heterocycles. The van der Waals surface area contributed by atoms with Gasteiger partial charge >= 0.3 is 0 Å². The Bertz CT molecular complexity index is 477. The van der Waals surface area contributed by atoms with Crippen LogP contribution in [0.2, 0.25) is 0 Å². The number of nitrogens with zero attached hydrogens (tertiary/aromatic N) is 1. The summed E-state index contributed by atoms with van der Waals surface area (Å²) in [7, 11) is 0. The molecule has 1 atom stereocenters. The van der Waals surface area contributed by atoms with Crippen LogP contribution in [0.5, 0.6) is 0 Å². The SMILES string of the molecule is CC1(CN2CCC(C(=O)c3ccccc3)CC2)CCNC1.Cl. The summed E-state index contributed by atoms with van der Waals surface area (Å²) in [5, 5.41) is 3.47. The standard InChI is InChI=1S/C18H26N2O.ClH/c1-18(9-10-19-13-18)14-20-11-7-16(8-12-20)17(21)15-5-3-2-4-6-15;/h2-6,16,19H,7-14H2,1H3;1H. The number of carbonyl (C=O) groups is 1. The molecule has 3 rings (SSSR count). The zero-order chi connectivity index (χ0) is 14.7. The van der Waals surface area contributed by atoms with Crippen molar-refractivity contribution in [1.82, 2.24) is 10.2 Å². The van der Waals surface area contributed by atoms with Gasteiger partial charge in [0, 0.05) is 24.6 Å². The zero-order valence-electron chi connectivity index (χ0n) is 13.4. The van der Waals surface area contributed by atoms with E-state index in [4.69, 9.17) is 0 Å². The topological polar surface area (TPSA) is 32.3 Å². The highest BCUT2D eigenvalue weighted by atomic mass is 35.5. The van der Waals surface area contributed by atoms with Crippen molar-refractivity contribution in [3.05, 3.63) is 35.9 Å². The molecular weight excluding hydrogens is 296 g/mol. The predicted molar refractivity (Wildman–Crippen MR) is 92.8 cm³/mol. The largest absolute Gasteiger partial charge is 0.316 e. The molecular formula is C18H27ClN2O. The van der Waals surface area contributed by atoms with Crippen LogP contribution in [0.1, 0.15) is 36.5 Å². The second-order valence-electron chi connectivity index (χ2n) is 7.02. The molecule has 0 aromatic heterocycles. The first-order valence-corrected chi connectivity index (χ1v) is 8.19. The number of nitrogens with one attached hydrogen (secondary N) is 1. The van der Waals surface area contributed by atoms with Crippen LogP contribution in [-0.4, -0.2) is 43.4 Å². The molecule has 2 aliphatic rings. The molecule has 2 aliphatic heterocycles. The van der Waals surface area contributed by atoms with Gasteiger partial charge in [-0.1, -0.05) is 37.3 Å². The highest BCUT2D eigenvalue weighted by Crippen LogP contribution is 2.29. The summed E-state index contributed by atoms with van der Waals surface area (Å²) in [6.45, 7) is 7.98. The third-order valence-corrected chi connectivity index (χ3v) is 5.08. The molecule has 0 radical (unpaired) electrons. The second-order valence-corrected chi connectivity index (χ2v) is 7.02. The van der Waals surface area contributed by atoms with Gasteiger partial charge in [-0.15, -0.1) is 12.4 Å². The first-order valence-electron chi connectivity index (χ1n) is 8.19. The Balaban J connectivity index is 0.00000176. The summed E-state index contributed by atoms with van der Waals surface area (Å²) in [4.78, 5) is 15.0. The number of Topliss-reactive ketones (excluding diaryl/α,β-unsaturated/α-hetero) is 1. The van der Waals surface area contributed by atoms with Gasteiger partial charge in [-0.3, -0.25) is 4.79 Å². The summed E-state index contributed by atoms with van der Waals surface area (Å²) in [5.41, 5.74) is 1.30. The molecule has 0 saturated carbocycles. The van der Waals surface area contributed by atoms with Gasteiger partial charge in [-0.25, -0.2) is 0 Å². The lowest BCUT2D eigenvalue weighted by Crippen LogP contribution is -2.43. The zero-order valence-corrected chi connectivity index (χ0v) is 14.2. The molecule has 4 heteroatoms. The van der Waals surface area contributed by atoms with Crippen LogP contribution in [0.15, 0.2) is 30.3 Å². The first-order chi connectivity index (χ1) is 10.2. The number of halogens is 1. The van der Waals surface area contributed by atoms with Gasteiger partial charge < -0.3 is 10.2 Å². The van der Waals surface area contributed by atoms with Gasteiger partial charge in [0.1, 0.15) is 0 Å². The number of likely N-dealkylation sites (tertiary alicyclic amines) is 1. The molecule has 0 amide bonds. The Hall–Kier alpha value is -0.900. The van der Waals surface area contributed by atoms with Gasteiger partial charge in [0.25, 0.3) is 0 Å². The second kappa shape index (κ2) is 7.58. The lowest BCUT2D eigenvalue weighted by molar-refractivity contribution is 0.0797. The van der Waals surface area contributed by atoms with E-state index in [0.717, 1.165) is 44.6 Å².